The number of nitrogens with zero attached hydrogens (tertiary/aromatic N) is 3. The first-order valence-corrected chi connectivity index (χ1v) is 21.9. The molecule has 10 aromatic rings. The number of hydrogen-bond donors (Lipinski definition) is 0. The van der Waals surface area contributed by atoms with Crippen LogP contribution in [0.15, 0.2) is 188 Å². The van der Waals surface area contributed by atoms with Crippen molar-refractivity contribution in [3.8, 4) is 73.8 Å². The molecule has 0 unspecified atom stereocenters. The summed E-state index contributed by atoms with van der Waals surface area (Å²) in [6.45, 7) is -1.09. The Labute approximate surface area is 370 Å². The molecule has 2 aliphatic rings. The summed E-state index contributed by atoms with van der Waals surface area (Å²) in [5.41, 5.74) is 16.2. The largest absolute Gasteiger partial charge is 0.246 e. The lowest BCUT2D eigenvalue weighted by Crippen LogP contribution is -2.60. The first kappa shape index (κ1) is 36.6. The molecule has 286 valence electrons. The summed E-state index contributed by atoms with van der Waals surface area (Å²) in [4.78, 5) is 0. The molecular formula is C57H31B2N3S. The molecule has 0 atom stereocenters. The van der Waals surface area contributed by atoms with Gasteiger partial charge in [0, 0.05) is 36.9 Å². The minimum absolute atomic E-state index is 0.343. The summed E-state index contributed by atoms with van der Waals surface area (Å²) in [5.74, 6) is 0. The second-order valence-corrected chi connectivity index (χ2v) is 17.3. The van der Waals surface area contributed by atoms with E-state index in [0.717, 1.165) is 92.1 Å². The smallest absolute Gasteiger partial charge is 0.192 e. The number of nitriles is 3. The number of rotatable bonds is 3. The van der Waals surface area contributed by atoms with Gasteiger partial charge in [-0.25, -0.2) is 0 Å². The summed E-state index contributed by atoms with van der Waals surface area (Å²) in [6, 6.07) is 73.4. The predicted octanol–water partition coefficient (Wildman–Crippen LogP) is 9.66. The molecule has 0 amide bonds. The summed E-state index contributed by atoms with van der Waals surface area (Å²) in [5, 5.41) is 38.0. The molecule has 0 bridgehead atoms. The first-order valence-electron chi connectivity index (χ1n) is 21.1. The van der Waals surface area contributed by atoms with Gasteiger partial charge in [-0.3, -0.25) is 0 Å². The van der Waals surface area contributed by atoms with Gasteiger partial charge in [-0.05, 0) is 61.5 Å². The van der Waals surface area contributed by atoms with E-state index in [1.54, 1.807) is 11.3 Å². The zero-order valence-corrected chi connectivity index (χ0v) is 34.6. The Bertz CT molecular complexity index is 3400. The molecule has 6 heteroatoms. The van der Waals surface area contributed by atoms with Crippen LogP contribution >= 0.6 is 11.3 Å². The Balaban J connectivity index is 1.31. The van der Waals surface area contributed by atoms with Crippen LogP contribution in [0.25, 0.3) is 75.8 Å². The summed E-state index contributed by atoms with van der Waals surface area (Å²) < 4.78 is 2.12. The van der Waals surface area contributed by atoms with Crippen molar-refractivity contribution in [2.45, 2.75) is 0 Å². The lowest BCUT2D eigenvalue weighted by molar-refractivity contribution is 1.45. The molecule has 3 heterocycles. The van der Waals surface area contributed by atoms with Crippen LogP contribution in [0.2, 0.25) is 0 Å². The van der Waals surface area contributed by atoms with Crippen LogP contribution in [-0.4, -0.2) is 13.4 Å². The fourth-order valence-corrected chi connectivity index (χ4v) is 12.0. The zero-order valence-electron chi connectivity index (χ0n) is 33.8. The monoisotopic (exact) mass is 811 g/mol. The average molecular weight is 812 g/mol. The minimum Gasteiger partial charge on any atom is -0.192 e. The first-order chi connectivity index (χ1) is 31.2. The van der Waals surface area contributed by atoms with Gasteiger partial charge in [-0.1, -0.05) is 204 Å². The number of hydrogen-bond acceptors (Lipinski definition) is 4. The highest BCUT2D eigenvalue weighted by Gasteiger charge is 2.42. The summed E-state index contributed by atoms with van der Waals surface area (Å²) in [7, 11) is 0. The van der Waals surface area contributed by atoms with E-state index < -0.39 is 13.4 Å². The highest BCUT2D eigenvalue weighted by molar-refractivity contribution is 7.26. The number of benzene rings is 9. The van der Waals surface area contributed by atoms with Crippen molar-refractivity contribution in [2.75, 3.05) is 0 Å². The van der Waals surface area contributed by atoms with Crippen LogP contribution in [0.4, 0.5) is 0 Å². The van der Waals surface area contributed by atoms with Crippen LogP contribution in [0.3, 0.4) is 0 Å². The van der Waals surface area contributed by atoms with Gasteiger partial charge in [0.1, 0.15) is 0 Å². The highest BCUT2D eigenvalue weighted by Crippen LogP contribution is 2.43. The maximum atomic E-state index is 12.0. The van der Waals surface area contributed by atoms with E-state index in [-0.39, 0.29) is 0 Å². The maximum absolute atomic E-state index is 12.0. The van der Waals surface area contributed by atoms with E-state index in [4.69, 9.17) is 0 Å². The van der Waals surface area contributed by atoms with Gasteiger partial charge in [0.05, 0.1) is 29.3 Å². The van der Waals surface area contributed by atoms with Crippen LogP contribution in [0, 0.1) is 34.0 Å². The number of thiophene rings is 1. The molecule has 0 fully saturated rings. The Morgan fingerprint density at radius 2 is 0.651 bits per heavy atom. The fraction of sp³-hybridized carbons (Fsp3) is 0. The lowest BCUT2D eigenvalue weighted by Gasteiger charge is -2.28. The van der Waals surface area contributed by atoms with Gasteiger partial charge in [0.15, 0.2) is 0 Å². The third-order valence-electron chi connectivity index (χ3n) is 13.3. The Kier molecular flexibility index (Phi) is 8.42. The van der Waals surface area contributed by atoms with Gasteiger partial charge in [0.25, 0.3) is 0 Å². The van der Waals surface area contributed by atoms with Crippen molar-refractivity contribution in [2.24, 2.45) is 0 Å². The molecular weight excluding hydrogens is 780 g/mol. The highest BCUT2D eigenvalue weighted by atomic mass is 32.1. The lowest BCUT2D eigenvalue weighted by atomic mass is 9.30. The van der Waals surface area contributed by atoms with E-state index in [9.17, 15) is 15.8 Å². The molecule has 0 radical (unpaired) electrons. The van der Waals surface area contributed by atoms with Crippen molar-refractivity contribution in [1.29, 1.82) is 15.8 Å². The van der Waals surface area contributed by atoms with Crippen LogP contribution in [0.1, 0.15) is 16.7 Å². The topological polar surface area (TPSA) is 71.4 Å². The third-order valence-corrected chi connectivity index (χ3v) is 14.5. The summed E-state index contributed by atoms with van der Waals surface area (Å²) in [6.07, 6.45) is 0. The van der Waals surface area contributed by atoms with Gasteiger partial charge in [-0.2, -0.15) is 15.8 Å². The Hall–Kier alpha value is -8.20. The van der Waals surface area contributed by atoms with Crippen molar-refractivity contribution in [3.63, 3.8) is 0 Å². The van der Waals surface area contributed by atoms with Crippen LogP contribution in [0.5, 0.6) is 0 Å². The molecule has 0 aliphatic carbocycles. The SMILES string of the molecule is N#Cc1c(B2c3ccccc3-c3ccccc3-c3ccccc32)c(C#N)c(-c2cccc3c2sc2ccccc23)c(C#N)c1B1c2ccccc2-c2ccccc2-c2ccccc21. The predicted molar refractivity (Wildman–Crippen MR) is 263 cm³/mol. The van der Waals surface area contributed by atoms with Crippen molar-refractivity contribution < 1.29 is 0 Å². The van der Waals surface area contributed by atoms with E-state index in [0.29, 0.717) is 33.2 Å². The normalized spacial score (nSPS) is 12.0. The van der Waals surface area contributed by atoms with E-state index in [2.05, 4.69) is 200 Å². The van der Waals surface area contributed by atoms with E-state index in [1.807, 2.05) is 6.07 Å². The van der Waals surface area contributed by atoms with Gasteiger partial charge in [0.2, 0.25) is 13.4 Å². The molecule has 0 N–H and O–H groups in total. The summed E-state index contributed by atoms with van der Waals surface area (Å²) >= 11 is 1.67. The van der Waals surface area contributed by atoms with Gasteiger partial charge < -0.3 is 0 Å². The van der Waals surface area contributed by atoms with E-state index >= 15 is 0 Å². The van der Waals surface area contributed by atoms with Gasteiger partial charge in [-0.15, -0.1) is 11.3 Å². The molecule has 2 aliphatic heterocycles. The average Bonchev–Trinajstić information content (AvgIpc) is 3.62. The third kappa shape index (κ3) is 5.32. The molecule has 0 saturated carbocycles. The molecule has 0 spiro atoms. The van der Waals surface area contributed by atoms with Crippen molar-refractivity contribution in [3.05, 3.63) is 205 Å². The molecule has 63 heavy (non-hydrogen) atoms. The zero-order chi connectivity index (χ0) is 42.2. The van der Waals surface area contributed by atoms with Gasteiger partial charge >= 0.3 is 0 Å². The number of fused-ring (bicyclic) bond motifs is 13. The van der Waals surface area contributed by atoms with Crippen LogP contribution in [-0.2, 0) is 0 Å². The molecule has 9 aromatic carbocycles. The van der Waals surface area contributed by atoms with Crippen LogP contribution < -0.4 is 32.8 Å². The quantitative estimate of drug-likeness (QED) is 0.167. The van der Waals surface area contributed by atoms with Crippen molar-refractivity contribution >= 4 is 77.7 Å². The molecule has 0 saturated heterocycles. The second kappa shape index (κ2) is 14.5. The standard InChI is InChI=1S/C57H31B2N3S/c60-32-46-54(45-26-15-25-44-43-24-9-14-31-53(43)63-57(44)45)47(33-61)56(59-51-29-12-7-22-41(51)37-18-3-4-19-38(37)42-23-8-13-30-52(42)59)48(34-62)55(46)58-49-27-10-5-20-39(49)35-16-1-2-17-36(35)40-21-6-11-28-50(40)58/h1-31H. The Morgan fingerprint density at radius 1 is 0.317 bits per heavy atom. The second-order valence-electron chi connectivity index (χ2n) is 16.2. The maximum Gasteiger partial charge on any atom is 0.246 e. The molecule has 12 rings (SSSR count). The molecule has 1 aromatic heterocycles. The van der Waals surface area contributed by atoms with Crippen molar-refractivity contribution in [1.82, 2.24) is 0 Å². The molecule has 3 nitrogen and oxygen atoms in total. The van der Waals surface area contributed by atoms with E-state index in [1.165, 1.54) is 0 Å². The fourth-order valence-electron chi connectivity index (χ4n) is 10.8. The Morgan fingerprint density at radius 3 is 1.06 bits per heavy atom. The minimum atomic E-state index is -0.547.